The highest BCUT2D eigenvalue weighted by atomic mass is 79.9. The highest BCUT2D eigenvalue weighted by Gasteiger charge is 2.16. The van der Waals surface area contributed by atoms with E-state index in [2.05, 4.69) is 68.1 Å². The number of alkyl halides is 1. The maximum Gasteiger partial charge on any atom is 0.0738 e. The Balaban J connectivity index is 2.13. The molecule has 0 aliphatic rings. The topological polar surface area (TPSA) is 17.8 Å². The Morgan fingerprint density at radius 1 is 1.25 bits per heavy atom. The van der Waals surface area contributed by atoms with Gasteiger partial charge in [-0.3, -0.25) is 4.68 Å². The second kappa shape index (κ2) is 6.90. The van der Waals surface area contributed by atoms with Crippen LogP contribution < -0.4 is 0 Å². The van der Waals surface area contributed by atoms with Crippen LogP contribution in [-0.4, -0.2) is 15.1 Å². The average molecular weight is 400 g/mol. The maximum absolute atomic E-state index is 4.47. The van der Waals surface area contributed by atoms with Crippen LogP contribution in [0.1, 0.15) is 22.5 Å². The summed E-state index contributed by atoms with van der Waals surface area (Å²) in [5, 5.41) is 5.47. The lowest BCUT2D eigenvalue weighted by Gasteiger charge is -2.15. The van der Waals surface area contributed by atoms with E-state index >= 15 is 0 Å². The molecule has 0 aliphatic heterocycles. The Labute approximate surface area is 137 Å². The van der Waals surface area contributed by atoms with Crippen LogP contribution in [0.5, 0.6) is 0 Å². The fourth-order valence-corrected chi connectivity index (χ4v) is 3.48. The molecule has 0 amide bonds. The maximum atomic E-state index is 4.47. The van der Waals surface area contributed by atoms with Crippen LogP contribution >= 0.6 is 31.9 Å². The molecule has 4 heteroatoms. The Hall–Kier alpha value is -0.610. The number of hydrogen-bond acceptors (Lipinski definition) is 1. The van der Waals surface area contributed by atoms with Crippen molar-refractivity contribution in [3.05, 3.63) is 51.3 Å². The van der Waals surface area contributed by atoms with Gasteiger partial charge in [-0.15, -0.1) is 0 Å². The molecular formula is C16H20Br2N2. The molecule has 0 N–H and O–H groups in total. The smallest absolute Gasteiger partial charge is 0.0738 e. The first kappa shape index (κ1) is 15.8. The van der Waals surface area contributed by atoms with E-state index in [1.807, 2.05) is 18.7 Å². The standard InChI is InChI=1S/C16H20Br2N2/c1-11-5-4-6-13(7-11)8-14(10-17)9-15-16(18)12(2)19-20(15)3/h4-7,14H,8-10H2,1-3H3. The first-order valence-electron chi connectivity index (χ1n) is 6.80. The molecule has 0 spiro atoms. The van der Waals surface area contributed by atoms with Gasteiger partial charge in [0.25, 0.3) is 0 Å². The van der Waals surface area contributed by atoms with Crippen molar-refractivity contribution >= 4 is 31.9 Å². The quantitative estimate of drug-likeness (QED) is 0.672. The van der Waals surface area contributed by atoms with Crippen LogP contribution in [0.2, 0.25) is 0 Å². The molecule has 0 fully saturated rings. The summed E-state index contributed by atoms with van der Waals surface area (Å²) >= 11 is 7.32. The molecule has 0 bridgehead atoms. The van der Waals surface area contributed by atoms with Crippen molar-refractivity contribution in [2.24, 2.45) is 13.0 Å². The van der Waals surface area contributed by atoms with Gasteiger partial charge < -0.3 is 0 Å². The van der Waals surface area contributed by atoms with Gasteiger partial charge in [-0.1, -0.05) is 45.8 Å². The number of nitrogens with zero attached hydrogens (tertiary/aromatic N) is 2. The van der Waals surface area contributed by atoms with Crippen LogP contribution in [0.3, 0.4) is 0 Å². The van der Waals surface area contributed by atoms with Crippen LogP contribution in [0, 0.1) is 19.8 Å². The number of halogens is 2. The van der Waals surface area contributed by atoms with Crippen LogP contribution in [0.15, 0.2) is 28.7 Å². The van der Waals surface area contributed by atoms with E-state index in [1.165, 1.54) is 16.8 Å². The largest absolute Gasteiger partial charge is 0.271 e. The molecule has 1 aromatic heterocycles. The fraction of sp³-hybridized carbons (Fsp3) is 0.438. The molecule has 0 saturated carbocycles. The SMILES string of the molecule is Cc1cccc(CC(CBr)Cc2c(Br)c(C)nn2C)c1. The van der Waals surface area contributed by atoms with Crippen LogP contribution in [0.25, 0.3) is 0 Å². The minimum atomic E-state index is 0.572. The third-order valence-electron chi connectivity index (χ3n) is 3.57. The monoisotopic (exact) mass is 398 g/mol. The highest BCUT2D eigenvalue weighted by Crippen LogP contribution is 2.25. The summed E-state index contributed by atoms with van der Waals surface area (Å²) in [6.07, 6.45) is 2.11. The zero-order valence-electron chi connectivity index (χ0n) is 12.2. The fourth-order valence-electron chi connectivity index (χ4n) is 2.53. The van der Waals surface area contributed by atoms with Crippen LogP contribution in [0.4, 0.5) is 0 Å². The first-order valence-corrected chi connectivity index (χ1v) is 8.72. The zero-order chi connectivity index (χ0) is 14.7. The van der Waals surface area contributed by atoms with E-state index in [0.717, 1.165) is 28.3 Å². The summed E-state index contributed by atoms with van der Waals surface area (Å²) in [4.78, 5) is 0. The normalized spacial score (nSPS) is 12.7. The van der Waals surface area contributed by atoms with Gasteiger partial charge in [0.15, 0.2) is 0 Å². The van der Waals surface area contributed by atoms with Crippen molar-refractivity contribution in [3.63, 3.8) is 0 Å². The number of benzene rings is 1. The van der Waals surface area contributed by atoms with Crippen molar-refractivity contribution in [3.8, 4) is 0 Å². The molecule has 20 heavy (non-hydrogen) atoms. The van der Waals surface area contributed by atoms with E-state index in [1.54, 1.807) is 0 Å². The van der Waals surface area contributed by atoms with Gasteiger partial charge in [-0.05, 0) is 54.1 Å². The molecule has 2 aromatic rings. The van der Waals surface area contributed by atoms with E-state index in [0.29, 0.717) is 5.92 Å². The second-order valence-corrected chi connectivity index (χ2v) is 6.83. The number of aryl methyl sites for hydroxylation is 3. The predicted molar refractivity (Wildman–Crippen MR) is 91.5 cm³/mol. The van der Waals surface area contributed by atoms with E-state index in [4.69, 9.17) is 0 Å². The van der Waals surface area contributed by atoms with E-state index in [-0.39, 0.29) is 0 Å². The van der Waals surface area contributed by atoms with Gasteiger partial charge in [0.2, 0.25) is 0 Å². The lowest BCUT2D eigenvalue weighted by atomic mass is 9.95. The lowest BCUT2D eigenvalue weighted by molar-refractivity contribution is 0.555. The lowest BCUT2D eigenvalue weighted by Crippen LogP contribution is -2.13. The Kier molecular flexibility index (Phi) is 5.44. The van der Waals surface area contributed by atoms with Gasteiger partial charge in [0.1, 0.15) is 0 Å². The van der Waals surface area contributed by atoms with Crippen molar-refractivity contribution < 1.29 is 0 Å². The minimum absolute atomic E-state index is 0.572. The van der Waals surface area contributed by atoms with Crippen molar-refractivity contribution in [2.75, 3.05) is 5.33 Å². The number of hydrogen-bond donors (Lipinski definition) is 0. The first-order chi connectivity index (χ1) is 9.51. The van der Waals surface area contributed by atoms with Crippen LogP contribution in [-0.2, 0) is 19.9 Å². The average Bonchev–Trinajstić information content (AvgIpc) is 2.64. The molecule has 2 nitrogen and oxygen atoms in total. The second-order valence-electron chi connectivity index (χ2n) is 5.39. The predicted octanol–water partition coefficient (Wildman–Crippen LogP) is 4.60. The number of rotatable bonds is 5. The summed E-state index contributed by atoms with van der Waals surface area (Å²) in [6, 6.07) is 8.78. The Morgan fingerprint density at radius 3 is 2.55 bits per heavy atom. The summed E-state index contributed by atoms with van der Waals surface area (Å²) < 4.78 is 3.14. The van der Waals surface area contributed by atoms with Gasteiger partial charge in [-0.2, -0.15) is 5.10 Å². The summed E-state index contributed by atoms with van der Waals surface area (Å²) in [5.74, 6) is 0.572. The molecular weight excluding hydrogens is 380 g/mol. The molecule has 1 heterocycles. The molecule has 1 atom stereocenters. The molecule has 1 aromatic carbocycles. The molecule has 0 radical (unpaired) electrons. The zero-order valence-corrected chi connectivity index (χ0v) is 15.3. The van der Waals surface area contributed by atoms with Crippen molar-refractivity contribution in [1.29, 1.82) is 0 Å². The van der Waals surface area contributed by atoms with Crippen molar-refractivity contribution in [2.45, 2.75) is 26.7 Å². The molecule has 0 aliphatic carbocycles. The summed E-state index contributed by atoms with van der Waals surface area (Å²) in [5.41, 5.74) is 5.07. The third kappa shape index (κ3) is 3.73. The third-order valence-corrected chi connectivity index (χ3v) is 5.52. The molecule has 1 unspecified atom stereocenters. The molecule has 2 rings (SSSR count). The van der Waals surface area contributed by atoms with Crippen molar-refractivity contribution in [1.82, 2.24) is 9.78 Å². The summed E-state index contributed by atoms with van der Waals surface area (Å²) in [7, 11) is 2.02. The van der Waals surface area contributed by atoms with Gasteiger partial charge >= 0.3 is 0 Å². The van der Waals surface area contributed by atoms with Gasteiger partial charge in [0, 0.05) is 12.4 Å². The van der Waals surface area contributed by atoms with Gasteiger partial charge in [-0.25, -0.2) is 0 Å². The summed E-state index contributed by atoms with van der Waals surface area (Å²) in [6.45, 7) is 4.19. The Bertz CT molecular complexity index is 590. The highest BCUT2D eigenvalue weighted by molar-refractivity contribution is 9.10. The minimum Gasteiger partial charge on any atom is -0.271 e. The van der Waals surface area contributed by atoms with E-state index in [9.17, 15) is 0 Å². The Morgan fingerprint density at radius 2 is 2.00 bits per heavy atom. The number of aromatic nitrogens is 2. The molecule has 0 saturated heterocycles. The molecule has 108 valence electrons. The van der Waals surface area contributed by atoms with E-state index < -0.39 is 0 Å². The van der Waals surface area contributed by atoms with Gasteiger partial charge in [0.05, 0.1) is 15.9 Å².